The Morgan fingerprint density at radius 1 is 1.40 bits per heavy atom. The van der Waals surface area contributed by atoms with Crippen LogP contribution in [0.5, 0.6) is 0 Å². The predicted octanol–water partition coefficient (Wildman–Crippen LogP) is 3.38. The number of hydrogen-bond donors (Lipinski definition) is 2. The number of thioether (sulfide) groups is 1. The van der Waals surface area contributed by atoms with E-state index in [1.165, 1.54) is 11.8 Å². The summed E-state index contributed by atoms with van der Waals surface area (Å²) in [5, 5.41) is 11.5. The quantitative estimate of drug-likeness (QED) is 0.771. The summed E-state index contributed by atoms with van der Waals surface area (Å²) in [7, 11) is 0. The number of amides is 1. The highest BCUT2D eigenvalue weighted by molar-refractivity contribution is 7.99. The first-order valence-electron chi connectivity index (χ1n) is 6.72. The number of anilines is 1. The van der Waals surface area contributed by atoms with Crippen molar-refractivity contribution in [3.05, 3.63) is 29.8 Å². The zero-order valence-electron chi connectivity index (χ0n) is 11.9. The summed E-state index contributed by atoms with van der Waals surface area (Å²) in [5.74, 6) is -0.0648. The highest BCUT2D eigenvalue weighted by Crippen LogP contribution is 2.17. The molecule has 4 nitrogen and oxygen atoms in total. The molecule has 0 heterocycles. The summed E-state index contributed by atoms with van der Waals surface area (Å²) in [6.45, 7) is 3.98. The lowest BCUT2D eigenvalue weighted by Gasteiger charge is -2.12. The highest BCUT2D eigenvalue weighted by atomic mass is 32.2. The van der Waals surface area contributed by atoms with Gasteiger partial charge in [-0.05, 0) is 24.1 Å². The number of carboxylic acid groups (broad SMARTS) is 1. The Morgan fingerprint density at radius 2 is 2.15 bits per heavy atom. The average molecular weight is 295 g/mol. The van der Waals surface area contributed by atoms with Crippen molar-refractivity contribution in [1.29, 1.82) is 0 Å². The van der Waals surface area contributed by atoms with E-state index in [1.54, 1.807) is 0 Å². The van der Waals surface area contributed by atoms with Crippen LogP contribution in [0.25, 0.3) is 0 Å². The third-order valence-corrected chi connectivity index (χ3v) is 3.85. The molecule has 1 aromatic rings. The van der Waals surface area contributed by atoms with E-state index >= 15 is 0 Å². The zero-order valence-corrected chi connectivity index (χ0v) is 12.7. The lowest BCUT2D eigenvalue weighted by Crippen LogP contribution is -2.20. The standard InChI is InChI=1S/C15H21NO3S/c1-3-5-11(2)15(19)16-13-7-4-6-12(8-13)9-20-10-14(17)18/h4,6-8,11H,3,5,9-10H2,1-2H3,(H,16,19)(H,17,18). The second kappa shape index (κ2) is 8.64. The minimum atomic E-state index is -0.812. The van der Waals surface area contributed by atoms with Crippen LogP contribution < -0.4 is 5.32 Å². The Bertz CT molecular complexity index is 462. The van der Waals surface area contributed by atoms with Crippen molar-refractivity contribution < 1.29 is 14.7 Å². The van der Waals surface area contributed by atoms with Crippen LogP contribution >= 0.6 is 11.8 Å². The molecular formula is C15H21NO3S. The molecule has 1 rings (SSSR count). The van der Waals surface area contributed by atoms with E-state index in [1.807, 2.05) is 31.2 Å². The SMILES string of the molecule is CCCC(C)C(=O)Nc1cccc(CSCC(=O)O)c1. The van der Waals surface area contributed by atoms with Gasteiger partial charge in [-0.25, -0.2) is 0 Å². The molecular weight excluding hydrogens is 274 g/mol. The summed E-state index contributed by atoms with van der Waals surface area (Å²) in [6.07, 6.45) is 1.86. The third kappa shape index (κ3) is 6.10. The first kappa shape index (κ1) is 16.6. The fraction of sp³-hybridized carbons (Fsp3) is 0.467. The number of hydrogen-bond acceptors (Lipinski definition) is 3. The normalized spacial score (nSPS) is 11.9. The van der Waals surface area contributed by atoms with Crippen molar-refractivity contribution >= 4 is 29.3 Å². The van der Waals surface area contributed by atoms with Crippen molar-refractivity contribution in [2.75, 3.05) is 11.1 Å². The Kier molecular flexibility index (Phi) is 7.15. The van der Waals surface area contributed by atoms with Gasteiger partial charge in [-0.2, -0.15) is 0 Å². The largest absolute Gasteiger partial charge is 0.481 e. The predicted molar refractivity (Wildman–Crippen MR) is 82.9 cm³/mol. The monoisotopic (exact) mass is 295 g/mol. The Labute approximate surface area is 124 Å². The van der Waals surface area contributed by atoms with Gasteiger partial charge >= 0.3 is 5.97 Å². The minimum Gasteiger partial charge on any atom is -0.481 e. The molecule has 1 atom stereocenters. The van der Waals surface area contributed by atoms with E-state index in [0.29, 0.717) is 5.75 Å². The fourth-order valence-electron chi connectivity index (χ4n) is 1.82. The number of nitrogens with one attached hydrogen (secondary N) is 1. The molecule has 20 heavy (non-hydrogen) atoms. The average Bonchev–Trinajstić information content (AvgIpc) is 2.39. The van der Waals surface area contributed by atoms with Gasteiger partial charge in [0.2, 0.25) is 5.91 Å². The molecule has 0 aliphatic heterocycles. The Balaban J connectivity index is 2.54. The molecule has 5 heteroatoms. The number of carbonyl (C=O) groups is 2. The van der Waals surface area contributed by atoms with Gasteiger partial charge in [-0.3, -0.25) is 9.59 Å². The van der Waals surface area contributed by atoms with Crippen molar-refractivity contribution in [2.45, 2.75) is 32.4 Å². The van der Waals surface area contributed by atoms with Crippen LogP contribution in [0.1, 0.15) is 32.3 Å². The van der Waals surface area contributed by atoms with Gasteiger partial charge in [-0.15, -0.1) is 11.8 Å². The molecule has 0 aromatic heterocycles. The molecule has 0 fully saturated rings. The van der Waals surface area contributed by atoms with E-state index in [4.69, 9.17) is 5.11 Å². The minimum absolute atomic E-state index is 0.00467. The smallest absolute Gasteiger partial charge is 0.313 e. The van der Waals surface area contributed by atoms with E-state index < -0.39 is 5.97 Å². The van der Waals surface area contributed by atoms with Crippen LogP contribution in [0.2, 0.25) is 0 Å². The van der Waals surface area contributed by atoms with Crippen LogP contribution in [0.4, 0.5) is 5.69 Å². The number of carbonyl (C=O) groups excluding carboxylic acids is 1. The molecule has 1 aromatic carbocycles. The number of aliphatic carboxylic acids is 1. The first-order chi connectivity index (χ1) is 9.52. The number of rotatable bonds is 8. The van der Waals surface area contributed by atoms with Gasteiger partial charge in [-0.1, -0.05) is 32.4 Å². The zero-order chi connectivity index (χ0) is 15.0. The van der Waals surface area contributed by atoms with Crippen molar-refractivity contribution in [2.24, 2.45) is 5.92 Å². The molecule has 2 N–H and O–H groups in total. The fourth-order valence-corrected chi connectivity index (χ4v) is 2.52. The third-order valence-electron chi connectivity index (χ3n) is 2.86. The van der Waals surface area contributed by atoms with Crippen LogP contribution in [-0.4, -0.2) is 22.7 Å². The molecule has 0 bridgehead atoms. The van der Waals surface area contributed by atoms with E-state index in [-0.39, 0.29) is 17.6 Å². The lowest BCUT2D eigenvalue weighted by molar-refractivity contribution is -0.133. The van der Waals surface area contributed by atoms with Crippen LogP contribution in [0.3, 0.4) is 0 Å². The number of benzene rings is 1. The second-order valence-electron chi connectivity index (χ2n) is 4.77. The van der Waals surface area contributed by atoms with Gasteiger partial charge in [0, 0.05) is 17.4 Å². The molecule has 0 spiro atoms. The summed E-state index contributed by atoms with van der Waals surface area (Å²) < 4.78 is 0. The van der Waals surface area contributed by atoms with Gasteiger partial charge in [0.25, 0.3) is 0 Å². The van der Waals surface area contributed by atoms with Gasteiger partial charge in [0.1, 0.15) is 0 Å². The van der Waals surface area contributed by atoms with Crippen LogP contribution in [0, 0.1) is 5.92 Å². The molecule has 0 radical (unpaired) electrons. The van der Waals surface area contributed by atoms with E-state index in [9.17, 15) is 9.59 Å². The molecule has 110 valence electrons. The highest BCUT2D eigenvalue weighted by Gasteiger charge is 2.11. The van der Waals surface area contributed by atoms with Crippen molar-refractivity contribution in [1.82, 2.24) is 0 Å². The summed E-state index contributed by atoms with van der Waals surface area (Å²) in [4.78, 5) is 22.4. The number of carboxylic acids is 1. The molecule has 0 aliphatic rings. The molecule has 1 amide bonds. The summed E-state index contributed by atoms with van der Waals surface area (Å²) >= 11 is 1.34. The molecule has 0 aliphatic carbocycles. The second-order valence-corrected chi connectivity index (χ2v) is 5.75. The van der Waals surface area contributed by atoms with Crippen LogP contribution in [-0.2, 0) is 15.3 Å². The maximum Gasteiger partial charge on any atom is 0.313 e. The van der Waals surface area contributed by atoms with Crippen molar-refractivity contribution in [3.8, 4) is 0 Å². The maximum atomic E-state index is 11.9. The van der Waals surface area contributed by atoms with Crippen molar-refractivity contribution in [3.63, 3.8) is 0 Å². The molecule has 1 unspecified atom stereocenters. The summed E-state index contributed by atoms with van der Waals surface area (Å²) in [5.41, 5.74) is 1.78. The lowest BCUT2D eigenvalue weighted by atomic mass is 10.1. The Morgan fingerprint density at radius 3 is 2.80 bits per heavy atom. The molecule has 0 saturated heterocycles. The topological polar surface area (TPSA) is 66.4 Å². The van der Waals surface area contributed by atoms with Crippen LogP contribution in [0.15, 0.2) is 24.3 Å². The van der Waals surface area contributed by atoms with Gasteiger partial charge in [0.05, 0.1) is 5.75 Å². The summed E-state index contributed by atoms with van der Waals surface area (Å²) in [6, 6.07) is 7.55. The van der Waals surface area contributed by atoms with E-state index in [2.05, 4.69) is 12.2 Å². The Hall–Kier alpha value is -1.49. The van der Waals surface area contributed by atoms with Gasteiger partial charge < -0.3 is 10.4 Å². The molecule has 0 saturated carbocycles. The first-order valence-corrected chi connectivity index (χ1v) is 7.87. The van der Waals surface area contributed by atoms with Gasteiger partial charge in [0.15, 0.2) is 0 Å². The maximum absolute atomic E-state index is 11.9. The van der Waals surface area contributed by atoms with E-state index in [0.717, 1.165) is 24.1 Å².